The number of nitrogens with two attached hydrogens (primary N) is 1. The van der Waals surface area contributed by atoms with Gasteiger partial charge in [0, 0.05) is 25.2 Å². The largest absolute Gasteiger partial charge is 0.398 e. The van der Waals surface area contributed by atoms with E-state index in [1.807, 2.05) is 0 Å². The summed E-state index contributed by atoms with van der Waals surface area (Å²) in [5.41, 5.74) is 5.82. The van der Waals surface area contributed by atoms with Gasteiger partial charge in [0.2, 0.25) is 0 Å². The highest BCUT2D eigenvalue weighted by Gasteiger charge is 2.11. The van der Waals surface area contributed by atoms with Gasteiger partial charge < -0.3 is 10.5 Å². The Bertz CT molecular complexity index is 333. The van der Waals surface area contributed by atoms with E-state index in [0.717, 1.165) is 12.5 Å². The Morgan fingerprint density at radius 1 is 1.40 bits per heavy atom. The number of anilines is 1. The molecule has 0 unspecified atom stereocenters. The third kappa shape index (κ3) is 3.35. The molecule has 0 radical (unpaired) electrons. The Balaban J connectivity index is 2.63. The Hall–Kier alpha value is -0.810. The fourth-order valence-corrected chi connectivity index (χ4v) is 2.00. The molecule has 0 aromatic heterocycles. The summed E-state index contributed by atoms with van der Waals surface area (Å²) in [6.45, 7) is 0.601. The molecule has 0 saturated heterocycles. The Morgan fingerprint density at radius 3 is 2.80 bits per heavy atom. The summed E-state index contributed by atoms with van der Waals surface area (Å²) in [5.74, 6) is -1.07. The molecular formula is C10H13F2NOS. The number of ether oxygens (including phenoxy) is 1. The zero-order valence-electron chi connectivity index (χ0n) is 8.43. The van der Waals surface area contributed by atoms with Crippen LogP contribution in [0.25, 0.3) is 0 Å². The highest BCUT2D eigenvalue weighted by molar-refractivity contribution is 7.99. The quantitative estimate of drug-likeness (QED) is 0.482. The van der Waals surface area contributed by atoms with Crippen LogP contribution >= 0.6 is 11.8 Å². The molecule has 1 aromatic rings. The average molecular weight is 233 g/mol. The second-order valence-electron chi connectivity index (χ2n) is 2.97. The van der Waals surface area contributed by atoms with Gasteiger partial charge in [-0.05, 0) is 18.6 Å². The highest BCUT2D eigenvalue weighted by atomic mass is 32.2. The van der Waals surface area contributed by atoms with E-state index in [2.05, 4.69) is 0 Å². The van der Waals surface area contributed by atoms with Gasteiger partial charge in [0.25, 0.3) is 0 Å². The standard InChI is InChI=1S/C10H13F2NOS/c1-14-5-2-6-15-10-8(13)4-3-7(11)9(10)12/h3-4H,2,5-6,13H2,1H3. The van der Waals surface area contributed by atoms with E-state index in [4.69, 9.17) is 10.5 Å². The van der Waals surface area contributed by atoms with Crippen molar-refractivity contribution >= 4 is 17.4 Å². The highest BCUT2D eigenvalue weighted by Crippen LogP contribution is 2.29. The molecule has 84 valence electrons. The molecule has 2 N–H and O–H groups in total. The molecule has 0 bridgehead atoms. The summed E-state index contributed by atoms with van der Waals surface area (Å²) in [7, 11) is 1.60. The Kier molecular flexibility index (Phi) is 4.84. The van der Waals surface area contributed by atoms with Crippen molar-refractivity contribution in [3.05, 3.63) is 23.8 Å². The lowest BCUT2D eigenvalue weighted by atomic mass is 10.3. The van der Waals surface area contributed by atoms with Crippen LogP contribution in [0, 0.1) is 11.6 Å². The van der Waals surface area contributed by atoms with Crippen LogP contribution in [0.3, 0.4) is 0 Å². The van der Waals surface area contributed by atoms with Gasteiger partial charge in [-0.25, -0.2) is 8.78 Å². The van der Waals surface area contributed by atoms with E-state index in [-0.39, 0.29) is 10.6 Å². The number of methoxy groups -OCH3 is 1. The third-order valence-corrected chi connectivity index (χ3v) is 3.02. The van der Waals surface area contributed by atoms with Gasteiger partial charge in [-0.1, -0.05) is 0 Å². The molecule has 0 fully saturated rings. The smallest absolute Gasteiger partial charge is 0.174 e. The molecule has 0 aliphatic heterocycles. The topological polar surface area (TPSA) is 35.2 Å². The molecule has 0 aliphatic rings. The van der Waals surface area contributed by atoms with E-state index >= 15 is 0 Å². The average Bonchev–Trinajstić information content (AvgIpc) is 2.23. The minimum atomic E-state index is -0.864. The van der Waals surface area contributed by atoms with Gasteiger partial charge in [0.1, 0.15) is 0 Å². The summed E-state index contributed by atoms with van der Waals surface area (Å²) >= 11 is 1.21. The van der Waals surface area contributed by atoms with Crippen LogP contribution < -0.4 is 5.73 Å². The number of rotatable bonds is 5. The molecule has 1 rings (SSSR count). The van der Waals surface area contributed by atoms with Gasteiger partial charge in [0.05, 0.1) is 4.90 Å². The second-order valence-corrected chi connectivity index (χ2v) is 4.08. The summed E-state index contributed by atoms with van der Waals surface area (Å²) in [6, 6.07) is 2.40. The Labute approximate surface area is 91.8 Å². The third-order valence-electron chi connectivity index (χ3n) is 1.82. The molecule has 5 heteroatoms. The van der Waals surface area contributed by atoms with Crippen molar-refractivity contribution < 1.29 is 13.5 Å². The normalized spacial score (nSPS) is 10.6. The van der Waals surface area contributed by atoms with Crippen LogP contribution in [-0.4, -0.2) is 19.5 Å². The summed E-state index contributed by atoms with van der Waals surface area (Å²) in [5, 5.41) is 0. The first-order valence-electron chi connectivity index (χ1n) is 4.52. The molecule has 0 heterocycles. The molecule has 2 nitrogen and oxygen atoms in total. The summed E-state index contributed by atoms with van der Waals surface area (Å²) in [6.07, 6.45) is 0.774. The van der Waals surface area contributed by atoms with Crippen LogP contribution in [0.1, 0.15) is 6.42 Å². The van der Waals surface area contributed by atoms with Crippen molar-refractivity contribution in [1.82, 2.24) is 0 Å². The number of nitrogen functional groups attached to an aromatic ring is 1. The van der Waals surface area contributed by atoms with Gasteiger partial charge in [-0.3, -0.25) is 0 Å². The lowest BCUT2D eigenvalue weighted by molar-refractivity contribution is 0.200. The van der Waals surface area contributed by atoms with Crippen molar-refractivity contribution in [2.75, 3.05) is 25.2 Å². The van der Waals surface area contributed by atoms with E-state index in [1.165, 1.54) is 17.8 Å². The van der Waals surface area contributed by atoms with E-state index in [1.54, 1.807) is 7.11 Å². The first-order valence-corrected chi connectivity index (χ1v) is 5.50. The first kappa shape index (κ1) is 12.3. The van der Waals surface area contributed by atoms with Gasteiger partial charge in [0.15, 0.2) is 11.6 Å². The minimum Gasteiger partial charge on any atom is -0.398 e. The van der Waals surface area contributed by atoms with E-state index < -0.39 is 11.6 Å². The van der Waals surface area contributed by atoms with Crippen molar-refractivity contribution in [3.8, 4) is 0 Å². The summed E-state index contributed by atoms with van der Waals surface area (Å²) in [4.78, 5) is 0.186. The minimum absolute atomic E-state index is 0.186. The fourth-order valence-electron chi connectivity index (χ4n) is 1.07. The number of hydrogen-bond donors (Lipinski definition) is 1. The molecule has 0 amide bonds. The molecule has 0 spiro atoms. The van der Waals surface area contributed by atoms with Crippen molar-refractivity contribution in [1.29, 1.82) is 0 Å². The zero-order valence-corrected chi connectivity index (χ0v) is 9.24. The van der Waals surface area contributed by atoms with Crippen LogP contribution in [0.15, 0.2) is 17.0 Å². The van der Waals surface area contributed by atoms with Gasteiger partial charge in [-0.2, -0.15) is 0 Å². The molecular weight excluding hydrogens is 220 g/mol. The van der Waals surface area contributed by atoms with Crippen LogP contribution in [0.2, 0.25) is 0 Å². The number of halogens is 2. The molecule has 0 atom stereocenters. The zero-order chi connectivity index (χ0) is 11.3. The molecule has 0 aliphatic carbocycles. The summed E-state index contributed by atoms with van der Waals surface area (Å²) < 4.78 is 31.0. The number of benzene rings is 1. The molecule has 15 heavy (non-hydrogen) atoms. The van der Waals surface area contributed by atoms with Gasteiger partial charge in [-0.15, -0.1) is 11.8 Å². The first-order chi connectivity index (χ1) is 7.16. The predicted octanol–water partition coefficient (Wildman–Crippen LogP) is 2.68. The SMILES string of the molecule is COCCCSc1c(N)ccc(F)c1F. The van der Waals surface area contributed by atoms with Crippen molar-refractivity contribution in [3.63, 3.8) is 0 Å². The molecule has 1 aromatic carbocycles. The molecule has 0 saturated carbocycles. The van der Waals surface area contributed by atoms with E-state index in [9.17, 15) is 8.78 Å². The maximum Gasteiger partial charge on any atom is 0.174 e. The lowest BCUT2D eigenvalue weighted by Gasteiger charge is -2.06. The van der Waals surface area contributed by atoms with Crippen molar-refractivity contribution in [2.45, 2.75) is 11.3 Å². The van der Waals surface area contributed by atoms with Crippen LogP contribution in [-0.2, 0) is 4.74 Å². The van der Waals surface area contributed by atoms with Crippen LogP contribution in [0.4, 0.5) is 14.5 Å². The number of thioether (sulfide) groups is 1. The van der Waals surface area contributed by atoms with Gasteiger partial charge >= 0.3 is 0 Å². The monoisotopic (exact) mass is 233 g/mol. The number of hydrogen-bond acceptors (Lipinski definition) is 3. The van der Waals surface area contributed by atoms with E-state index in [0.29, 0.717) is 12.4 Å². The second kappa shape index (κ2) is 5.92. The fraction of sp³-hybridized carbons (Fsp3) is 0.400. The maximum absolute atomic E-state index is 13.3. The predicted molar refractivity (Wildman–Crippen MR) is 58.0 cm³/mol. The Morgan fingerprint density at radius 2 is 2.13 bits per heavy atom. The van der Waals surface area contributed by atoms with Crippen molar-refractivity contribution in [2.24, 2.45) is 0 Å². The lowest BCUT2D eigenvalue weighted by Crippen LogP contribution is -1.97. The van der Waals surface area contributed by atoms with Crippen LogP contribution in [0.5, 0.6) is 0 Å². The maximum atomic E-state index is 13.3.